The van der Waals surface area contributed by atoms with Gasteiger partial charge in [0.15, 0.2) is 0 Å². The Balaban J connectivity index is 2.14. The van der Waals surface area contributed by atoms with Gasteiger partial charge in [-0.3, -0.25) is 4.79 Å². The molecule has 1 aromatic carbocycles. The number of halogens is 4. The third-order valence-corrected chi connectivity index (χ3v) is 5.93. The number of hydrogen-bond acceptors (Lipinski definition) is 3. The fraction of sp³-hybridized carbons (Fsp3) is 0.562. The second-order valence-electron chi connectivity index (χ2n) is 6.45. The summed E-state index contributed by atoms with van der Waals surface area (Å²) < 4.78 is 51.8. The second kappa shape index (κ2) is 7.15. The zero-order valence-electron chi connectivity index (χ0n) is 13.6. The van der Waals surface area contributed by atoms with Crippen LogP contribution in [0.25, 0.3) is 0 Å². The summed E-state index contributed by atoms with van der Waals surface area (Å²) in [6.45, 7) is 6.70. The van der Waals surface area contributed by atoms with Crippen LogP contribution >= 0.6 is 23.5 Å². The molecule has 0 aromatic heterocycles. The Labute approximate surface area is 147 Å². The number of benzene rings is 1. The lowest BCUT2D eigenvalue weighted by Crippen LogP contribution is -2.31. The predicted octanol–water partition coefficient (Wildman–Crippen LogP) is 4.95. The quantitative estimate of drug-likeness (QED) is 0.689. The fourth-order valence-electron chi connectivity index (χ4n) is 2.34. The minimum Gasteiger partial charge on any atom is -0.325 e. The molecule has 1 atom stereocenters. The lowest BCUT2D eigenvalue weighted by atomic mass is 10.1. The highest BCUT2D eigenvalue weighted by Gasteiger charge is 2.37. The number of carbonyl (C=O) groups is 1. The number of nitrogens with zero attached hydrogens (tertiary/aromatic N) is 1. The molecule has 1 saturated heterocycles. The van der Waals surface area contributed by atoms with Gasteiger partial charge < -0.3 is 4.90 Å². The lowest BCUT2D eigenvalue weighted by Gasteiger charge is -2.26. The van der Waals surface area contributed by atoms with Crippen LogP contribution in [0.5, 0.6) is 0 Å². The summed E-state index contributed by atoms with van der Waals surface area (Å²) >= 11 is 3.01. The topological polar surface area (TPSA) is 20.3 Å². The lowest BCUT2D eigenvalue weighted by molar-refractivity contribution is -0.140. The monoisotopic (exact) mass is 381 g/mol. The van der Waals surface area contributed by atoms with Gasteiger partial charge in [0.2, 0.25) is 5.91 Å². The number of carbonyl (C=O) groups excluding carboxylic acids is 1. The van der Waals surface area contributed by atoms with E-state index in [9.17, 15) is 22.4 Å². The van der Waals surface area contributed by atoms with Gasteiger partial charge in [0.05, 0.1) is 11.3 Å². The molecule has 2 nitrogen and oxygen atoms in total. The van der Waals surface area contributed by atoms with Crippen LogP contribution in [0.1, 0.15) is 37.3 Å². The van der Waals surface area contributed by atoms with Crippen molar-refractivity contribution < 1.29 is 22.4 Å². The van der Waals surface area contributed by atoms with Crippen molar-refractivity contribution in [1.29, 1.82) is 0 Å². The SMILES string of the molecule is CC(C)(C)SCCN1C(=O)CSC1c1ccc(C(F)(F)F)c(F)c1. The Kier molecular flexibility index (Phi) is 5.79. The summed E-state index contributed by atoms with van der Waals surface area (Å²) in [5.41, 5.74) is -0.896. The molecule has 0 bridgehead atoms. The molecule has 0 aliphatic carbocycles. The van der Waals surface area contributed by atoms with E-state index < -0.39 is 22.9 Å². The maximum Gasteiger partial charge on any atom is 0.419 e. The molecular formula is C16H19F4NOS2. The van der Waals surface area contributed by atoms with Gasteiger partial charge in [-0.2, -0.15) is 24.9 Å². The molecule has 0 saturated carbocycles. The van der Waals surface area contributed by atoms with E-state index in [1.54, 1.807) is 16.7 Å². The van der Waals surface area contributed by atoms with Crippen molar-refractivity contribution in [3.05, 3.63) is 35.1 Å². The van der Waals surface area contributed by atoms with Gasteiger partial charge in [0, 0.05) is 17.0 Å². The van der Waals surface area contributed by atoms with Crippen LogP contribution in [0.3, 0.4) is 0 Å². The molecule has 0 spiro atoms. The van der Waals surface area contributed by atoms with Gasteiger partial charge in [-0.05, 0) is 17.7 Å². The number of rotatable bonds is 4. The maximum atomic E-state index is 13.8. The first-order chi connectivity index (χ1) is 11.0. The van der Waals surface area contributed by atoms with E-state index in [0.717, 1.165) is 17.9 Å². The minimum atomic E-state index is -4.72. The van der Waals surface area contributed by atoms with E-state index in [1.807, 2.05) is 0 Å². The van der Waals surface area contributed by atoms with E-state index in [0.29, 0.717) is 12.1 Å². The molecule has 24 heavy (non-hydrogen) atoms. The van der Waals surface area contributed by atoms with Crippen molar-refractivity contribution in [3.63, 3.8) is 0 Å². The Morgan fingerprint density at radius 3 is 2.50 bits per heavy atom. The first kappa shape index (κ1) is 19.4. The summed E-state index contributed by atoms with van der Waals surface area (Å²) in [6, 6.07) is 2.89. The molecule has 134 valence electrons. The standard InChI is InChI=1S/C16H19F4NOS2/c1-15(2,3)24-7-6-21-13(22)9-23-14(21)10-4-5-11(12(17)8-10)16(18,19)20/h4-5,8,14H,6-7,9H2,1-3H3. The average Bonchev–Trinajstić information content (AvgIpc) is 2.77. The molecule has 1 amide bonds. The molecular weight excluding hydrogens is 362 g/mol. The molecule has 0 N–H and O–H groups in total. The Morgan fingerprint density at radius 2 is 1.96 bits per heavy atom. The highest BCUT2D eigenvalue weighted by molar-refractivity contribution is 8.01. The van der Waals surface area contributed by atoms with Crippen molar-refractivity contribution in [2.24, 2.45) is 0 Å². The molecule has 1 aliphatic heterocycles. The first-order valence-corrected chi connectivity index (χ1v) is 9.44. The summed E-state index contributed by atoms with van der Waals surface area (Å²) in [6.07, 6.45) is -4.72. The molecule has 1 unspecified atom stereocenters. The highest BCUT2D eigenvalue weighted by atomic mass is 32.2. The highest BCUT2D eigenvalue weighted by Crippen LogP contribution is 2.41. The van der Waals surface area contributed by atoms with Crippen LogP contribution in [0.2, 0.25) is 0 Å². The molecule has 1 aromatic rings. The smallest absolute Gasteiger partial charge is 0.325 e. The second-order valence-corrected chi connectivity index (χ2v) is 9.44. The van der Waals surface area contributed by atoms with Crippen LogP contribution < -0.4 is 0 Å². The molecule has 0 radical (unpaired) electrons. The van der Waals surface area contributed by atoms with Crippen molar-refractivity contribution in [2.45, 2.75) is 37.1 Å². The van der Waals surface area contributed by atoms with Crippen molar-refractivity contribution in [3.8, 4) is 0 Å². The Hall–Kier alpha value is -0.890. The predicted molar refractivity (Wildman–Crippen MR) is 90.5 cm³/mol. The van der Waals surface area contributed by atoms with Crippen molar-refractivity contribution in [2.75, 3.05) is 18.1 Å². The van der Waals surface area contributed by atoms with Crippen LogP contribution in [-0.2, 0) is 11.0 Å². The number of alkyl halides is 3. The summed E-state index contributed by atoms with van der Waals surface area (Å²) in [4.78, 5) is 13.7. The van der Waals surface area contributed by atoms with Gasteiger partial charge in [0.25, 0.3) is 0 Å². The van der Waals surface area contributed by atoms with E-state index in [1.165, 1.54) is 17.8 Å². The summed E-state index contributed by atoms with van der Waals surface area (Å²) in [7, 11) is 0. The van der Waals surface area contributed by atoms with Gasteiger partial charge in [-0.1, -0.05) is 26.8 Å². The average molecular weight is 381 g/mol. The first-order valence-electron chi connectivity index (χ1n) is 7.41. The fourth-order valence-corrected chi connectivity index (χ4v) is 4.45. The Morgan fingerprint density at radius 1 is 1.29 bits per heavy atom. The number of thioether (sulfide) groups is 2. The molecule has 1 fully saturated rings. The van der Waals surface area contributed by atoms with Crippen LogP contribution in [-0.4, -0.2) is 33.6 Å². The van der Waals surface area contributed by atoms with Gasteiger partial charge in [-0.15, -0.1) is 11.8 Å². The van der Waals surface area contributed by atoms with Crippen LogP contribution in [0.15, 0.2) is 18.2 Å². The third-order valence-electron chi connectivity index (χ3n) is 3.42. The van der Waals surface area contributed by atoms with Gasteiger partial charge in [0.1, 0.15) is 11.2 Å². The van der Waals surface area contributed by atoms with Gasteiger partial charge >= 0.3 is 6.18 Å². The van der Waals surface area contributed by atoms with E-state index in [-0.39, 0.29) is 16.4 Å². The van der Waals surface area contributed by atoms with Crippen molar-refractivity contribution in [1.82, 2.24) is 4.90 Å². The van der Waals surface area contributed by atoms with E-state index >= 15 is 0 Å². The van der Waals surface area contributed by atoms with E-state index in [4.69, 9.17) is 0 Å². The van der Waals surface area contributed by atoms with Crippen LogP contribution in [0.4, 0.5) is 17.6 Å². The zero-order chi connectivity index (χ0) is 18.1. The molecule has 2 rings (SSSR count). The largest absolute Gasteiger partial charge is 0.419 e. The normalized spacial score (nSPS) is 19.2. The number of amides is 1. The number of hydrogen-bond donors (Lipinski definition) is 0. The van der Waals surface area contributed by atoms with Gasteiger partial charge in [-0.25, -0.2) is 4.39 Å². The summed E-state index contributed by atoms with van der Waals surface area (Å²) in [5, 5.41) is -0.435. The van der Waals surface area contributed by atoms with Crippen LogP contribution in [0, 0.1) is 5.82 Å². The Bertz CT molecular complexity index is 613. The third kappa shape index (κ3) is 4.81. The van der Waals surface area contributed by atoms with Crippen molar-refractivity contribution >= 4 is 29.4 Å². The minimum absolute atomic E-state index is 0.0614. The molecule has 1 heterocycles. The maximum absolute atomic E-state index is 13.8. The van der Waals surface area contributed by atoms with E-state index in [2.05, 4.69) is 20.8 Å². The molecule has 1 aliphatic rings. The molecule has 8 heteroatoms. The summed E-state index contributed by atoms with van der Waals surface area (Å²) in [5.74, 6) is -0.396. The zero-order valence-corrected chi connectivity index (χ0v) is 15.2.